The Labute approximate surface area is 123 Å². The molecule has 108 valence electrons. The van der Waals surface area contributed by atoms with Crippen molar-refractivity contribution in [2.75, 3.05) is 13.1 Å². The number of amides is 1. The summed E-state index contributed by atoms with van der Waals surface area (Å²) in [6, 6.07) is 5.18. The highest BCUT2D eigenvalue weighted by molar-refractivity contribution is 6.31. The maximum Gasteiger partial charge on any atom is 0.311 e. The van der Waals surface area contributed by atoms with Crippen molar-refractivity contribution in [3.63, 3.8) is 0 Å². The van der Waals surface area contributed by atoms with Crippen LogP contribution in [0.4, 0.5) is 0 Å². The lowest BCUT2D eigenvalue weighted by molar-refractivity contribution is -0.148. The first kappa shape index (κ1) is 14.9. The summed E-state index contributed by atoms with van der Waals surface area (Å²) in [7, 11) is 0. The van der Waals surface area contributed by atoms with Crippen LogP contribution in [-0.4, -0.2) is 35.0 Å². The van der Waals surface area contributed by atoms with E-state index < -0.39 is 11.4 Å². The molecule has 1 aromatic carbocycles. The molecule has 0 bridgehead atoms. The van der Waals surface area contributed by atoms with E-state index in [4.69, 9.17) is 11.6 Å². The van der Waals surface area contributed by atoms with Gasteiger partial charge in [0.2, 0.25) is 0 Å². The lowest BCUT2D eigenvalue weighted by Gasteiger charge is -2.23. The topological polar surface area (TPSA) is 57.6 Å². The molecular formula is C15H18ClNO3. The van der Waals surface area contributed by atoms with Crippen LogP contribution in [0.3, 0.4) is 0 Å². The maximum atomic E-state index is 12.4. The fraction of sp³-hybridized carbons (Fsp3) is 0.467. The minimum absolute atomic E-state index is 0.150. The number of hydrogen-bond donors (Lipinski definition) is 1. The van der Waals surface area contributed by atoms with Crippen molar-refractivity contribution in [1.82, 2.24) is 4.90 Å². The monoisotopic (exact) mass is 295 g/mol. The second-order valence-corrected chi connectivity index (χ2v) is 5.79. The molecule has 0 radical (unpaired) electrons. The van der Waals surface area contributed by atoms with Crippen molar-refractivity contribution in [1.29, 1.82) is 0 Å². The number of carboxylic acids is 1. The Balaban J connectivity index is 2.19. The van der Waals surface area contributed by atoms with Crippen LogP contribution in [0.25, 0.3) is 0 Å². The molecule has 1 atom stereocenters. The van der Waals surface area contributed by atoms with Gasteiger partial charge in [0.1, 0.15) is 0 Å². The van der Waals surface area contributed by atoms with Gasteiger partial charge in [-0.1, -0.05) is 24.6 Å². The van der Waals surface area contributed by atoms with E-state index in [1.165, 1.54) is 0 Å². The van der Waals surface area contributed by atoms with E-state index in [0.717, 1.165) is 5.56 Å². The molecule has 0 spiro atoms. The number of hydrogen-bond acceptors (Lipinski definition) is 2. The van der Waals surface area contributed by atoms with Crippen LogP contribution in [0.1, 0.15) is 35.7 Å². The first-order valence-electron chi connectivity index (χ1n) is 6.68. The van der Waals surface area contributed by atoms with Crippen LogP contribution < -0.4 is 0 Å². The molecule has 4 nitrogen and oxygen atoms in total. The van der Waals surface area contributed by atoms with Gasteiger partial charge in [-0.25, -0.2) is 0 Å². The number of benzene rings is 1. The lowest BCUT2D eigenvalue weighted by Crippen LogP contribution is -2.36. The summed E-state index contributed by atoms with van der Waals surface area (Å²) in [5.74, 6) is -0.972. The van der Waals surface area contributed by atoms with Crippen molar-refractivity contribution >= 4 is 23.5 Å². The molecule has 1 amide bonds. The first-order chi connectivity index (χ1) is 9.39. The van der Waals surface area contributed by atoms with Gasteiger partial charge in [0.25, 0.3) is 5.91 Å². The van der Waals surface area contributed by atoms with Gasteiger partial charge in [0.15, 0.2) is 0 Å². The predicted octanol–water partition coefficient (Wildman–Crippen LogP) is 2.98. The minimum Gasteiger partial charge on any atom is -0.481 e. The van der Waals surface area contributed by atoms with Crippen molar-refractivity contribution in [2.24, 2.45) is 5.41 Å². The summed E-state index contributed by atoms with van der Waals surface area (Å²) in [6.07, 6.45) is 1.03. The Morgan fingerprint density at radius 1 is 1.45 bits per heavy atom. The molecule has 5 heteroatoms. The molecule has 1 N–H and O–H groups in total. The highest BCUT2D eigenvalue weighted by Gasteiger charge is 2.44. The third-order valence-electron chi connectivity index (χ3n) is 4.19. The maximum absolute atomic E-state index is 12.4. The molecule has 0 saturated carbocycles. The van der Waals surface area contributed by atoms with Gasteiger partial charge in [0, 0.05) is 23.7 Å². The zero-order valence-electron chi connectivity index (χ0n) is 11.6. The standard InChI is InChI=1S/C15H18ClNO3/c1-3-15(14(19)20)6-7-17(9-15)13(18)11-5-4-10(2)12(16)8-11/h4-5,8H,3,6-7,9H2,1-2H3,(H,19,20). The molecule has 20 heavy (non-hydrogen) atoms. The highest BCUT2D eigenvalue weighted by atomic mass is 35.5. The number of aliphatic carboxylic acids is 1. The molecule has 1 heterocycles. The van der Waals surface area contributed by atoms with E-state index in [1.807, 2.05) is 13.8 Å². The van der Waals surface area contributed by atoms with Crippen molar-refractivity contribution in [3.8, 4) is 0 Å². The van der Waals surface area contributed by atoms with Gasteiger partial charge in [-0.15, -0.1) is 0 Å². The second kappa shape index (κ2) is 5.44. The molecular weight excluding hydrogens is 278 g/mol. The SMILES string of the molecule is CCC1(C(=O)O)CCN(C(=O)c2ccc(C)c(Cl)c2)C1. The van der Waals surface area contributed by atoms with Gasteiger partial charge in [-0.2, -0.15) is 0 Å². The summed E-state index contributed by atoms with van der Waals surface area (Å²) in [5.41, 5.74) is 0.625. The molecule has 1 aliphatic rings. The number of halogens is 1. The largest absolute Gasteiger partial charge is 0.481 e. The number of aryl methyl sites for hydroxylation is 1. The molecule has 1 saturated heterocycles. The quantitative estimate of drug-likeness (QED) is 0.932. The number of rotatable bonds is 3. The number of carbonyl (C=O) groups excluding carboxylic acids is 1. The fourth-order valence-electron chi connectivity index (χ4n) is 2.57. The first-order valence-corrected chi connectivity index (χ1v) is 7.06. The Morgan fingerprint density at radius 2 is 2.15 bits per heavy atom. The van der Waals surface area contributed by atoms with Gasteiger partial charge in [-0.3, -0.25) is 9.59 Å². The molecule has 0 aliphatic carbocycles. The van der Waals surface area contributed by atoms with Crippen LogP contribution in [-0.2, 0) is 4.79 Å². The zero-order valence-corrected chi connectivity index (χ0v) is 12.4. The number of nitrogens with zero attached hydrogens (tertiary/aromatic N) is 1. The van der Waals surface area contributed by atoms with E-state index in [0.29, 0.717) is 30.0 Å². The Kier molecular flexibility index (Phi) is 4.04. The van der Waals surface area contributed by atoms with Crippen LogP contribution in [0.2, 0.25) is 5.02 Å². The predicted molar refractivity (Wildman–Crippen MR) is 77.1 cm³/mol. The molecule has 1 aromatic rings. The third kappa shape index (κ3) is 2.52. The van der Waals surface area contributed by atoms with E-state index in [9.17, 15) is 14.7 Å². The average molecular weight is 296 g/mol. The van der Waals surface area contributed by atoms with E-state index >= 15 is 0 Å². The van der Waals surface area contributed by atoms with E-state index in [2.05, 4.69) is 0 Å². The molecule has 1 aliphatic heterocycles. The number of likely N-dealkylation sites (tertiary alicyclic amines) is 1. The smallest absolute Gasteiger partial charge is 0.311 e. The van der Waals surface area contributed by atoms with Crippen molar-refractivity contribution < 1.29 is 14.7 Å². The zero-order chi connectivity index (χ0) is 14.9. The Bertz CT molecular complexity index is 558. The average Bonchev–Trinajstić information content (AvgIpc) is 2.87. The van der Waals surface area contributed by atoms with Gasteiger partial charge in [-0.05, 0) is 37.5 Å². The molecule has 2 rings (SSSR count). The third-order valence-corrected chi connectivity index (χ3v) is 4.60. The van der Waals surface area contributed by atoms with Crippen LogP contribution in [0, 0.1) is 12.3 Å². The second-order valence-electron chi connectivity index (χ2n) is 5.38. The summed E-state index contributed by atoms with van der Waals surface area (Å²) >= 11 is 6.03. The lowest BCUT2D eigenvalue weighted by atomic mass is 9.84. The number of carboxylic acid groups (broad SMARTS) is 1. The van der Waals surface area contributed by atoms with Crippen LogP contribution in [0.15, 0.2) is 18.2 Å². The van der Waals surface area contributed by atoms with Gasteiger partial charge >= 0.3 is 5.97 Å². The molecule has 1 fully saturated rings. The summed E-state index contributed by atoms with van der Waals surface area (Å²) in [5, 5.41) is 9.91. The van der Waals surface area contributed by atoms with Gasteiger partial charge in [0.05, 0.1) is 5.41 Å². The normalized spacial score (nSPS) is 22.1. The number of carbonyl (C=O) groups is 2. The van der Waals surface area contributed by atoms with E-state index in [1.54, 1.807) is 23.1 Å². The fourth-order valence-corrected chi connectivity index (χ4v) is 2.75. The van der Waals surface area contributed by atoms with Crippen molar-refractivity contribution in [2.45, 2.75) is 26.7 Å². The molecule has 0 aromatic heterocycles. The van der Waals surface area contributed by atoms with Crippen LogP contribution >= 0.6 is 11.6 Å². The summed E-state index contributed by atoms with van der Waals surface area (Å²) < 4.78 is 0. The summed E-state index contributed by atoms with van der Waals surface area (Å²) in [4.78, 5) is 25.4. The Hall–Kier alpha value is -1.55. The van der Waals surface area contributed by atoms with Crippen molar-refractivity contribution in [3.05, 3.63) is 34.3 Å². The highest BCUT2D eigenvalue weighted by Crippen LogP contribution is 2.35. The molecule has 1 unspecified atom stereocenters. The van der Waals surface area contributed by atoms with Gasteiger partial charge < -0.3 is 10.0 Å². The minimum atomic E-state index is -0.822. The van der Waals surface area contributed by atoms with Crippen LogP contribution in [0.5, 0.6) is 0 Å². The Morgan fingerprint density at radius 3 is 2.65 bits per heavy atom. The van der Waals surface area contributed by atoms with E-state index in [-0.39, 0.29) is 12.5 Å². The summed E-state index contributed by atoms with van der Waals surface area (Å²) in [6.45, 7) is 4.47.